The fraction of sp³-hybridized carbons (Fsp3) is 0.891. The molecular formula is C46H72O18. The second-order valence-electron chi connectivity index (χ2n) is 22.4. The van der Waals surface area contributed by atoms with Crippen LogP contribution in [-0.2, 0) is 38.1 Å². The average molecular weight is 913 g/mol. The first kappa shape index (κ1) is 49.6. The van der Waals surface area contributed by atoms with Crippen molar-refractivity contribution in [3.05, 3.63) is 11.6 Å². The fourth-order valence-electron chi connectivity index (χ4n) is 14.7. The van der Waals surface area contributed by atoms with Crippen LogP contribution in [0.2, 0.25) is 0 Å². The predicted octanol–water partition coefficient (Wildman–Crippen LogP) is 1.24. The fourth-order valence-corrected chi connectivity index (χ4v) is 14.7. The molecule has 18 heteroatoms. The normalized spacial score (nSPS) is 48.9. The summed E-state index contributed by atoms with van der Waals surface area (Å²) in [5.74, 6) is -3.91. The minimum absolute atomic E-state index is 0.0480. The lowest BCUT2D eigenvalue weighted by Gasteiger charge is -2.71. The third-order valence-corrected chi connectivity index (χ3v) is 18.4. The summed E-state index contributed by atoms with van der Waals surface area (Å²) < 4.78 is 28.9. The molecule has 2 aliphatic heterocycles. The Morgan fingerprint density at radius 2 is 1.42 bits per heavy atom. The van der Waals surface area contributed by atoms with Gasteiger partial charge in [0, 0.05) is 0 Å². The van der Waals surface area contributed by atoms with Crippen molar-refractivity contribution in [3.8, 4) is 0 Å². The molecule has 19 atom stereocenters. The van der Waals surface area contributed by atoms with E-state index in [9.17, 15) is 65.4 Å². The summed E-state index contributed by atoms with van der Waals surface area (Å²) in [6.45, 7) is 12.8. The predicted molar refractivity (Wildman–Crippen MR) is 221 cm³/mol. The smallest absolute Gasteiger partial charge is 0.336 e. The van der Waals surface area contributed by atoms with E-state index in [1.807, 2.05) is 13.8 Å². The first-order valence-electron chi connectivity index (χ1n) is 23.0. The van der Waals surface area contributed by atoms with Gasteiger partial charge in [0.15, 0.2) is 18.0 Å². The maximum Gasteiger partial charge on any atom is 0.336 e. The number of aliphatic hydroxyl groups is 8. The molecule has 364 valence electrons. The van der Waals surface area contributed by atoms with Crippen LogP contribution in [0, 0.1) is 50.2 Å². The molecule has 10 N–H and O–H groups in total. The molecule has 0 spiro atoms. The zero-order chi connectivity index (χ0) is 47.3. The summed E-state index contributed by atoms with van der Waals surface area (Å²) in [6, 6.07) is 0. The summed E-state index contributed by atoms with van der Waals surface area (Å²) in [5.41, 5.74) is -4.17. The summed E-state index contributed by atoms with van der Waals surface area (Å²) in [6.07, 6.45) is -10.3. The van der Waals surface area contributed by atoms with E-state index in [-0.39, 0.29) is 39.4 Å². The van der Waals surface area contributed by atoms with E-state index >= 15 is 0 Å². The van der Waals surface area contributed by atoms with E-state index in [0.29, 0.717) is 38.5 Å². The van der Waals surface area contributed by atoms with Gasteiger partial charge in [-0.3, -0.25) is 4.79 Å². The number of esters is 1. The van der Waals surface area contributed by atoms with Crippen molar-refractivity contribution in [3.63, 3.8) is 0 Å². The van der Waals surface area contributed by atoms with Crippen molar-refractivity contribution in [1.82, 2.24) is 0 Å². The van der Waals surface area contributed by atoms with Crippen LogP contribution in [0.15, 0.2) is 11.6 Å². The van der Waals surface area contributed by atoms with E-state index in [1.165, 1.54) is 5.57 Å². The second kappa shape index (κ2) is 17.0. The molecule has 6 fully saturated rings. The minimum atomic E-state index is -2.66. The number of aliphatic carboxylic acids is 2. The molecule has 0 radical (unpaired) electrons. The molecule has 2 heterocycles. The van der Waals surface area contributed by atoms with Gasteiger partial charge in [-0.1, -0.05) is 60.1 Å². The van der Waals surface area contributed by atoms with Crippen LogP contribution in [-0.4, -0.2) is 162 Å². The van der Waals surface area contributed by atoms with Gasteiger partial charge in [0.25, 0.3) is 0 Å². The van der Waals surface area contributed by atoms with Gasteiger partial charge in [0.1, 0.15) is 49.3 Å². The number of ether oxygens (including phenoxy) is 5. The molecule has 0 aromatic heterocycles. The summed E-state index contributed by atoms with van der Waals surface area (Å²) in [5, 5.41) is 106. The number of allylic oxidation sites excluding steroid dienone is 2. The quantitative estimate of drug-likeness (QED) is 0.103. The Morgan fingerprint density at radius 3 is 2.05 bits per heavy atom. The van der Waals surface area contributed by atoms with Crippen molar-refractivity contribution >= 4 is 17.9 Å². The molecule has 0 aromatic carbocycles. The first-order chi connectivity index (χ1) is 29.7. The number of hydrogen-bond donors (Lipinski definition) is 10. The third kappa shape index (κ3) is 7.39. The number of carbonyl (C=O) groups excluding carboxylic acids is 1. The molecule has 0 bridgehead atoms. The summed E-state index contributed by atoms with van der Waals surface area (Å²) in [7, 11) is 0. The number of fused-ring (bicyclic) bond motifs is 7. The van der Waals surface area contributed by atoms with Gasteiger partial charge in [-0.2, -0.15) is 0 Å². The lowest BCUT2D eigenvalue weighted by Crippen LogP contribution is -2.76. The molecule has 18 nitrogen and oxygen atoms in total. The average Bonchev–Trinajstić information content (AvgIpc) is 3.22. The van der Waals surface area contributed by atoms with Crippen LogP contribution < -0.4 is 0 Å². The monoisotopic (exact) mass is 912 g/mol. The Kier molecular flexibility index (Phi) is 13.2. The highest BCUT2D eigenvalue weighted by Crippen LogP contribution is 2.76. The van der Waals surface area contributed by atoms with E-state index in [0.717, 1.165) is 25.7 Å². The summed E-state index contributed by atoms with van der Waals surface area (Å²) in [4.78, 5) is 39.1. The van der Waals surface area contributed by atoms with Crippen molar-refractivity contribution in [2.75, 3.05) is 19.8 Å². The number of carboxylic acid groups (broad SMARTS) is 2. The van der Waals surface area contributed by atoms with Gasteiger partial charge in [-0.25, -0.2) is 9.59 Å². The van der Waals surface area contributed by atoms with Crippen LogP contribution >= 0.6 is 0 Å². The first-order valence-corrected chi connectivity index (χ1v) is 23.0. The van der Waals surface area contributed by atoms with Crippen molar-refractivity contribution in [2.45, 2.75) is 186 Å². The lowest BCUT2D eigenvalue weighted by molar-refractivity contribution is -0.369. The summed E-state index contributed by atoms with van der Waals surface area (Å²) >= 11 is 0. The van der Waals surface area contributed by atoms with E-state index in [1.54, 1.807) is 0 Å². The largest absolute Gasteiger partial charge is 0.480 e. The van der Waals surface area contributed by atoms with Crippen LogP contribution in [0.1, 0.15) is 113 Å². The highest BCUT2D eigenvalue weighted by molar-refractivity contribution is 5.79. The van der Waals surface area contributed by atoms with Gasteiger partial charge < -0.3 is 74.7 Å². The highest BCUT2D eigenvalue weighted by Gasteiger charge is 2.72. The number of carboxylic acids is 2. The molecule has 4 saturated carbocycles. The van der Waals surface area contributed by atoms with Crippen LogP contribution in [0.25, 0.3) is 0 Å². The number of carbonyl (C=O) groups is 3. The highest BCUT2D eigenvalue weighted by atomic mass is 16.7. The Balaban J connectivity index is 1.20. The molecule has 5 aliphatic carbocycles. The molecule has 2 saturated heterocycles. The van der Waals surface area contributed by atoms with E-state index in [2.05, 4.69) is 40.7 Å². The Bertz CT molecular complexity index is 1820. The molecule has 0 amide bonds. The van der Waals surface area contributed by atoms with Crippen molar-refractivity contribution in [1.29, 1.82) is 0 Å². The second-order valence-corrected chi connectivity index (χ2v) is 22.4. The molecule has 7 aliphatic rings. The van der Waals surface area contributed by atoms with Crippen LogP contribution in [0.4, 0.5) is 0 Å². The molecule has 7 rings (SSSR count). The number of rotatable bonds is 11. The van der Waals surface area contributed by atoms with Crippen molar-refractivity contribution in [2.24, 2.45) is 50.2 Å². The zero-order valence-electron chi connectivity index (χ0n) is 38.1. The topological polar surface area (TPSA) is 300 Å². The van der Waals surface area contributed by atoms with Crippen molar-refractivity contribution < 1.29 is 89.1 Å². The lowest BCUT2D eigenvalue weighted by atomic mass is 9.33. The minimum Gasteiger partial charge on any atom is -0.480 e. The van der Waals surface area contributed by atoms with Gasteiger partial charge in [-0.15, -0.1) is 0 Å². The van der Waals surface area contributed by atoms with E-state index < -0.39 is 122 Å². The molecular weight excluding hydrogens is 840 g/mol. The molecule has 64 heavy (non-hydrogen) atoms. The van der Waals surface area contributed by atoms with Crippen LogP contribution in [0.5, 0.6) is 0 Å². The molecule has 0 aromatic rings. The Hall–Kier alpha value is -2.33. The van der Waals surface area contributed by atoms with Gasteiger partial charge in [-0.05, 0) is 109 Å². The Morgan fingerprint density at radius 1 is 0.766 bits per heavy atom. The SMILES string of the molecule is CC1(C)CCC2(C(=O)OC3OC(CO)C(O)C(O)C3O)CCC3(C)C(=CCC4C5(C)CCC(OC6(C(OCC(=O)O)C(=O)O)C(O)C(O)OC(CO)C6O)C(C)(C)C5CCC43C)C2C1. The number of hydrogen-bond acceptors (Lipinski definition) is 16. The molecule has 19 unspecified atom stereocenters. The Labute approximate surface area is 373 Å². The van der Waals surface area contributed by atoms with E-state index in [4.69, 9.17) is 23.7 Å². The zero-order valence-corrected chi connectivity index (χ0v) is 38.1. The van der Waals surface area contributed by atoms with Crippen LogP contribution in [0.3, 0.4) is 0 Å². The number of aliphatic hydroxyl groups excluding tert-OH is 8. The third-order valence-electron chi connectivity index (χ3n) is 18.4. The maximum atomic E-state index is 14.7. The van der Waals surface area contributed by atoms with Gasteiger partial charge in [0.2, 0.25) is 6.29 Å². The standard InChI is InChI=1S/C46H72O18/c1-40(2)14-16-45(39(59)63-38-32(53)31(52)30(51)24(19-47)62-38)17-15-43(6)22(23(45)18-40)8-9-27-42(5)12-11-28(41(3,4)26(42)10-13-44(27,43)7)64-46(35(36(56)57)60-21-29(49)50)33(54)25(20-48)61-37(58)34(46)55/h8,23-28,30-35,37-38,47-48,51-55,58H,9-21H2,1-7H3,(H,49,50)(H,56,57). The maximum absolute atomic E-state index is 14.7. The van der Waals surface area contributed by atoms with Gasteiger partial charge >= 0.3 is 17.9 Å². The van der Waals surface area contributed by atoms with Gasteiger partial charge in [0.05, 0.1) is 24.7 Å².